The van der Waals surface area contributed by atoms with E-state index in [2.05, 4.69) is 11.7 Å². The molecule has 1 atom stereocenters. The molecule has 12 heavy (non-hydrogen) atoms. The molecule has 0 aliphatic heterocycles. The zero-order valence-corrected chi connectivity index (χ0v) is 8.39. The zero-order chi connectivity index (χ0) is 8.69. The molecule has 0 heterocycles. The Balaban J connectivity index is 0. The second-order valence-electron chi connectivity index (χ2n) is 2.56. The Labute approximate surface area is 79.5 Å². The molecule has 3 nitrogen and oxygen atoms in total. The maximum Gasteiger partial charge on any atom is 0.506 e. The minimum atomic E-state index is -1.16. The van der Waals surface area contributed by atoms with Gasteiger partial charge in [0.15, 0.2) is 0 Å². The number of carbonyl (C=O) groups is 1. The molecule has 74 valence electrons. The van der Waals surface area contributed by atoms with Crippen molar-refractivity contribution in [1.29, 1.82) is 0 Å². The predicted molar refractivity (Wildman–Crippen MR) is 50.0 cm³/mol. The van der Waals surface area contributed by atoms with Crippen molar-refractivity contribution in [3.63, 3.8) is 0 Å². The molecule has 4 heteroatoms. The predicted octanol–water partition coefficient (Wildman–Crippen LogP) is 3.07. The fraction of sp³-hybridized carbons (Fsp3) is 0.875. The monoisotopic (exact) mass is 196 g/mol. The molecular formula is C8H17ClO3. The van der Waals surface area contributed by atoms with Crippen LogP contribution in [0.4, 0.5) is 4.79 Å². The SMILES string of the molecule is CCCCC(CC)OC(=O)O.Cl. The van der Waals surface area contributed by atoms with E-state index >= 15 is 0 Å². The molecule has 0 saturated carbocycles. The van der Waals surface area contributed by atoms with Gasteiger partial charge in [-0.1, -0.05) is 26.7 Å². The number of unbranched alkanes of at least 4 members (excludes halogenated alkanes) is 1. The number of rotatable bonds is 5. The van der Waals surface area contributed by atoms with Gasteiger partial charge in [0.25, 0.3) is 0 Å². The molecule has 0 aromatic heterocycles. The van der Waals surface area contributed by atoms with Crippen LogP contribution in [-0.2, 0) is 4.74 Å². The Hall–Kier alpha value is -0.440. The van der Waals surface area contributed by atoms with Crippen LogP contribution in [0.15, 0.2) is 0 Å². The molecule has 0 radical (unpaired) electrons. The summed E-state index contributed by atoms with van der Waals surface area (Å²) in [7, 11) is 0. The minimum absolute atomic E-state index is 0. The van der Waals surface area contributed by atoms with Gasteiger partial charge in [0, 0.05) is 0 Å². The van der Waals surface area contributed by atoms with Gasteiger partial charge in [-0.25, -0.2) is 4.79 Å². The summed E-state index contributed by atoms with van der Waals surface area (Å²) in [6.07, 6.45) is 2.47. The van der Waals surface area contributed by atoms with Crippen LogP contribution in [0.2, 0.25) is 0 Å². The Morgan fingerprint density at radius 2 is 2.08 bits per heavy atom. The van der Waals surface area contributed by atoms with Gasteiger partial charge < -0.3 is 9.84 Å². The van der Waals surface area contributed by atoms with Crippen LogP contribution in [-0.4, -0.2) is 17.4 Å². The highest BCUT2D eigenvalue weighted by Crippen LogP contribution is 2.08. The zero-order valence-electron chi connectivity index (χ0n) is 7.58. The number of halogens is 1. The van der Waals surface area contributed by atoms with Gasteiger partial charge in [-0.3, -0.25) is 0 Å². The first kappa shape index (κ1) is 14.1. The molecule has 0 fully saturated rings. The van der Waals surface area contributed by atoms with Crippen LogP contribution in [0.5, 0.6) is 0 Å². The van der Waals surface area contributed by atoms with E-state index < -0.39 is 6.16 Å². The van der Waals surface area contributed by atoms with Gasteiger partial charge in [-0.2, -0.15) is 0 Å². The molecule has 1 unspecified atom stereocenters. The van der Waals surface area contributed by atoms with E-state index in [1.54, 1.807) is 0 Å². The normalized spacial score (nSPS) is 11.5. The van der Waals surface area contributed by atoms with E-state index in [9.17, 15) is 4.79 Å². The maximum absolute atomic E-state index is 10.1. The van der Waals surface area contributed by atoms with E-state index in [-0.39, 0.29) is 18.5 Å². The van der Waals surface area contributed by atoms with Crippen molar-refractivity contribution in [2.75, 3.05) is 0 Å². The van der Waals surface area contributed by atoms with Gasteiger partial charge >= 0.3 is 6.16 Å². The van der Waals surface area contributed by atoms with E-state index in [1.807, 2.05) is 6.92 Å². The van der Waals surface area contributed by atoms with Gasteiger partial charge in [0.2, 0.25) is 0 Å². The molecule has 0 rings (SSSR count). The minimum Gasteiger partial charge on any atom is -0.450 e. The fourth-order valence-corrected chi connectivity index (χ4v) is 0.921. The number of carboxylic acid groups (broad SMARTS) is 1. The molecule has 0 aliphatic rings. The standard InChI is InChI=1S/C8H16O3.ClH/c1-3-5-6-7(4-2)11-8(9)10;/h7H,3-6H2,1-2H3,(H,9,10);1H. The van der Waals surface area contributed by atoms with Crippen molar-refractivity contribution in [3.05, 3.63) is 0 Å². The first-order chi connectivity index (χ1) is 5.20. The lowest BCUT2D eigenvalue weighted by Crippen LogP contribution is -2.15. The lowest BCUT2D eigenvalue weighted by Gasteiger charge is -2.12. The number of hydrogen-bond donors (Lipinski definition) is 1. The average Bonchev–Trinajstić information content (AvgIpc) is 1.97. The molecule has 0 bridgehead atoms. The highest BCUT2D eigenvalue weighted by Gasteiger charge is 2.09. The van der Waals surface area contributed by atoms with Crippen LogP contribution >= 0.6 is 12.4 Å². The third-order valence-corrected chi connectivity index (χ3v) is 1.60. The van der Waals surface area contributed by atoms with Crippen molar-refractivity contribution < 1.29 is 14.6 Å². The Kier molecular flexibility index (Phi) is 10.2. The van der Waals surface area contributed by atoms with Gasteiger partial charge in [-0.15, -0.1) is 12.4 Å². The second kappa shape index (κ2) is 8.65. The van der Waals surface area contributed by atoms with Gasteiger partial charge in [0.1, 0.15) is 6.10 Å². The van der Waals surface area contributed by atoms with Crippen molar-refractivity contribution in [3.8, 4) is 0 Å². The first-order valence-electron chi connectivity index (χ1n) is 4.10. The summed E-state index contributed by atoms with van der Waals surface area (Å²) in [5.41, 5.74) is 0. The Bertz CT molecular complexity index is 117. The summed E-state index contributed by atoms with van der Waals surface area (Å²) >= 11 is 0. The number of hydrogen-bond acceptors (Lipinski definition) is 2. The quantitative estimate of drug-likeness (QED) is 0.688. The van der Waals surface area contributed by atoms with Crippen molar-refractivity contribution >= 4 is 18.6 Å². The lowest BCUT2D eigenvalue weighted by molar-refractivity contribution is 0.0457. The maximum atomic E-state index is 10.1. The van der Waals surface area contributed by atoms with Crippen molar-refractivity contribution in [2.45, 2.75) is 45.6 Å². The molecule has 0 saturated heterocycles. The summed E-state index contributed by atoms with van der Waals surface area (Å²) in [4.78, 5) is 10.1. The van der Waals surface area contributed by atoms with Crippen LogP contribution in [0, 0.1) is 0 Å². The van der Waals surface area contributed by atoms with Gasteiger partial charge in [-0.05, 0) is 12.8 Å². The number of ether oxygens (including phenoxy) is 1. The Morgan fingerprint density at radius 3 is 2.42 bits per heavy atom. The van der Waals surface area contributed by atoms with E-state index in [4.69, 9.17) is 5.11 Å². The van der Waals surface area contributed by atoms with E-state index in [0.29, 0.717) is 0 Å². The summed E-state index contributed by atoms with van der Waals surface area (Å²) in [5, 5.41) is 8.29. The average molecular weight is 197 g/mol. The third-order valence-electron chi connectivity index (χ3n) is 1.60. The summed E-state index contributed by atoms with van der Waals surface area (Å²) < 4.78 is 4.62. The third kappa shape index (κ3) is 7.66. The molecular weight excluding hydrogens is 180 g/mol. The molecule has 0 aliphatic carbocycles. The van der Waals surface area contributed by atoms with Crippen LogP contribution in [0.1, 0.15) is 39.5 Å². The summed E-state index contributed by atoms with van der Waals surface area (Å²) in [5.74, 6) is 0. The van der Waals surface area contributed by atoms with Crippen LogP contribution < -0.4 is 0 Å². The van der Waals surface area contributed by atoms with Crippen LogP contribution in [0.3, 0.4) is 0 Å². The molecule has 1 N–H and O–H groups in total. The Morgan fingerprint density at radius 1 is 1.50 bits per heavy atom. The van der Waals surface area contributed by atoms with Crippen molar-refractivity contribution in [1.82, 2.24) is 0 Å². The largest absolute Gasteiger partial charge is 0.506 e. The highest BCUT2D eigenvalue weighted by atomic mass is 35.5. The lowest BCUT2D eigenvalue weighted by atomic mass is 10.1. The van der Waals surface area contributed by atoms with Gasteiger partial charge in [0.05, 0.1) is 0 Å². The highest BCUT2D eigenvalue weighted by molar-refractivity contribution is 5.85. The molecule has 0 amide bonds. The molecule has 0 aromatic carbocycles. The molecule has 0 aromatic rings. The molecule has 0 spiro atoms. The van der Waals surface area contributed by atoms with Crippen LogP contribution in [0.25, 0.3) is 0 Å². The smallest absolute Gasteiger partial charge is 0.450 e. The van der Waals surface area contributed by atoms with E-state index in [0.717, 1.165) is 25.7 Å². The summed E-state index contributed by atoms with van der Waals surface area (Å²) in [6, 6.07) is 0. The topological polar surface area (TPSA) is 46.5 Å². The first-order valence-corrected chi connectivity index (χ1v) is 4.10. The second-order valence-corrected chi connectivity index (χ2v) is 2.56. The van der Waals surface area contributed by atoms with E-state index in [1.165, 1.54) is 0 Å². The fourth-order valence-electron chi connectivity index (χ4n) is 0.921. The van der Waals surface area contributed by atoms with Crippen molar-refractivity contribution in [2.24, 2.45) is 0 Å². The summed E-state index contributed by atoms with van der Waals surface area (Å²) in [6.45, 7) is 4.01.